The number of fused-ring (bicyclic) bond motifs is 1. The molecule has 0 spiro atoms. The lowest BCUT2D eigenvalue weighted by molar-refractivity contribution is 0.252. The lowest BCUT2D eigenvalue weighted by Crippen LogP contribution is -2.29. The number of aromatic nitrogens is 1. The Balaban J connectivity index is 1.91. The minimum absolute atomic E-state index is 0.195. The van der Waals surface area contributed by atoms with Crippen LogP contribution in [-0.2, 0) is 0 Å². The molecule has 0 bridgehead atoms. The molecule has 0 fully saturated rings. The smallest absolute Gasteiger partial charge is 0.320 e. The average molecular weight is 257 g/mol. The van der Waals surface area contributed by atoms with Crippen LogP contribution in [-0.4, -0.2) is 17.6 Å². The quantitative estimate of drug-likeness (QED) is 0.805. The van der Waals surface area contributed by atoms with Gasteiger partial charge in [0.2, 0.25) is 0 Å². The molecule has 2 amide bonds. The molecule has 0 saturated carbocycles. The Labute approximate surface area is 113 Å². The maximum Gasteiger partial charge on any atom is 0.320 e. The van der Waals surface area contributed by atoms with Gasteiger partial charge in [-0.05, 0) is 17.9 Å². The van der Waals surface area contributed by atoms with E-state index in [4.69, 9.17) is 0 Å². The van der Waals surface area contributed by atoms with E-state index < -0.39 is 0 Å². The van der Waals surface area contributed by atoms with Crippen LogP contribution in [0.5, 0.6) is 0 Å². The van der Waals surface area contributed by atoms with Crippen molar-refractivity contribution in [3.05, 3.63) is 36.5 Å². The van der Waals surface area contributed by atoms with Crippen LogP contribution in [0.25, 0.3) is 10.8 Å². The van der Waals surface area contributed by atoms with E-state index in [1.165, 1.54) is 0 Å². The van der Waals surface area contributed by atoms with Gasteiger partial charge in [-0.25, -0.2) is 9.78 Å². The van der Waals surface area contributed by atoms with Crippen molar-refractivity contribution in [3.63, 3.8) is 0 Å². The molecule has 0 saturated heterocycles. The van der Waals surface area contributed by atoms with Crippen LogP contribution >= 0.6 is 0 Å². The van der Waals surface area contributed by atoms with E-state index in [2.05, 4.69) is 22.5 Å². The molecule has 1 heterocycles. The van der Waals surface area contributed by atoms with Gasteiger partial charge in [0.15, 0.2) is 0 Å². The first-order valence-corrected chi connectivity index (χ1v) is 6.69. The molecule has 100 valence electrons. The van der Waals surface area contributed by atoms with E-state index in [1.54, 1.807) is 6.20 Å². The number of amides is 2. The molecule has 0 aliphatic rings. The highest BCUT2D eigenvalue weighted by Crippen LogP contribution is 2.15. The highest BCUT2D eigenvalue weighted by molar-refractivity contribution is 5.91. The van der Waals surface area contributed by atoms with E-state index in [0.717, 1.165) is 30.0 Å². The van der Waals surface area contributed by atoms with Crippen LogP contribution in [0.3, 0.4) is 0 Å². The number of carbonyl (C=O) groups excluding carboxylic acids is 1. The molecule has 4 nitrogen and oxygen atoms in total. The molecule has 0 radical (unpaired) electrons. The Morgan fingerprint density at radius 2 is 2.00 bits per heavy atom. The summed E-state index contributed by atoms with van der Waals surface area (Å²) in [6, 6.07) is 9.62. The van der Waals surface area contributed by atoms with Crippen molar-refractivity contribution in [1.82, 2.24) is 10.3 Å². The Kier molecular flexibility index (Phi) is 4.72. The van der Waals surface area contributed by atoms with Crippen LogP contribution in [0.2, 0.25) is 0 Å². The fourth-order valence-electron chi connectivity index (χ4n) is 1.89. The Morgan fingerprint density at radius 1 is 1.21 bits per heavy atom. The van der Waals surface area contributed by atoms with Gasteiger partial charge in [0, 0.05) is 18.1 Å². The summed E-state index contributed by atoms with van der Waals surface area (Å²) in [5.41, 5.74) is 0. The van der Waals surface area contributed by atoms with Gasteiger partial charge in [0.05, 0.1) is 0 Å². The van der Waals surface area contributed by atoms with Crippen molar-refractivity contribution in [2.45, 2.75) is 26.2 Å². The minimum atomic E-state index is -0.195. The monoisotopic (exact) mass is 257 g/mol. The van der Waals surface area contributed by atoms with Gasteiger partial charge in [0.1, 0.15) is 5.82 Å². The highest BCUT2D eigenvalue weighted by Gasteiger charge is 2.02. The molecule has 4 heteroatoms. The van der Waals surface area contributed by atoms with Gasteiger partial charge >= 0.3 is 6.03 Å². The van der Waals surface area contributed by atoms with Crippen LogP contribution in [0.15, 0.2) is 36.5 Å². The SMILES string of the molecule is CCCCCNC(=O)Nc1cc2ccccc2cn1. The van der Waals surface area contributed by atoms with Crippen LogP contribution < -0.4 is 10.6 Å². The third kappa shape index (κ3) is 3.95. The summed E-state index contributed by atoms with van der Waals surface area (Å²) in [5, 5.41) is 7.71. The molecule has 2 N–H and O–H groups in total. The Bertz CT molecular complexity index is 554. The van der Waals surface area contributed by atoms with Gasteiger partial charge in [-0.15, -0.1) is 0 Å². The number of nitrogens with zero attached hydrogens (tertiary/aromatic N) is 1. The predicted octanol–water partition coefficient (Wildman–Crippen LogP) is 3.55. The Hall–Kier alpha value is -2.10. The predicted molar refractivity (Wildman–Crippen MR) is 78.3 cm³/mol. The first kappa shape index (κ1) is 13.3. The highest BCUT2D eigenvalue weighted by atomic mass is 16.2. The summed E-state index contributed by atoms with van der Waals surface area (Å²) in [6.45, 7) is 2.84. The molecule has 0 atom stereocenters. The van der Waals surface area contributed by atoms with Crippen molar-refractivity contribution in [3.8, 4) is 0 Å². The van der Waals surface area contributed by atoms with Gasteiger partial charge in [-0.3, -0.25) is 5.32 Å². The molecule has 0 aliphatic heterocycles. The molecular formula is C15H19N3O. The zero-order chi connectivity index (χ0) is 13.5. The molecule has 1 aromatic carbocycles. The topological polar surface area (TPSA) is 54.0 Å². The zero-order valence-corrected chi connectivity index (χ0v) is 11.1. The summed E-state index contributed by atoms with van der Waals surface area (Å²) in [5.74, 6) is 0.576. The molecule has 1 aromatic heterocycles. The third-order valence-corrected chi connectivity index (χ3v) is 2.94. The lowest BCUT2D eigenvalue weighted by Gasteiger charge is -2.07. The van der Waals surface area contributed by atoms with Gasteiger partial charge in [0.25, 0.3) is 0 Å². The van der Waals surface area contributed by atoms with Gasteiger partial charge in [-0.2, -0.15) is 0 Å². The number of pyridine rings is 1. The maximum absolute atomic E-state index is 11.6. The second kappa shape index (κ2) is 6.73. The normalized spacial score (nSPS) is 10.4. The zero-order valence-electron chi connectivity index (χ0n) is 11.1. The first-order valence-electron chi connectivity index (χ1n) is 6.69. The summed E-state index contributed by atoms with van der Waals surface area (Å²) in [6.07, 6.45) is 5.06. The Morgan fingerprint density at radius 3 is 2.79 bits per heavy atom. The molecule has 0 aliphatic carbocycles. The number of carbonyl (C=O) groups is 1. The molecule has 19 heavy (non-hydrogen) atoms. The van der Waals surface area contributed by atoms with Crippen molar-refractivity contribution >= 4 is 22.6 Å². The minimum Gasteiger partial charge on any atom is -0.338 e. The number of rotatable bonds is 5. The molecule has 2 aromatic rings. The van der Waals surface area contributed by atoms with Crippen LogP contribution in [0, 0.1) is 0 Å². The summed E-state index contributed by atoms with van der Waals surface area (Å²) in [7, 11) is 0. The number of hydrogen-bond donors (Lipinski definition) is 2. The fourth-order valence-corrected chi connectivity index (χ4v) is 1.89. The standard InChI is InChI=1S/C15H19N3O/c1-2-3-6-9-16-15(19)18-14-10-12-7-4-5-8-13(12)11-17-14/h4-5,7-8,10-11H,2-3,6,9H2,1H3,(H2,16,17,18,19). The number of nitrogens with one attached hydrogen (secondary N) is 2. The molecule has 0 unspecified atom stereocenters. The fraction of sp³-hybridized carbons (Fsp3) is 0.333. The largest absolute Gasteiger partial charge is 0.338 e. The van der Waals surface area contributed by atoms with Crippen molar-refractivity contribution in [2.24, 2.45) is 0 Å². The third-order valence-electron chi connectivity index (χ3n) is 2.94. The van der Waals surface area contributed by atoms with E-state index in [9.17, 15) is 4.79 Å². The van der Waals surface area contributed by atoms with Crippen LogP contribution in [0.4, 0.5) is 10.6 Å². The van der Waals surface area contributed by atoms with Crippen molar-refractivity contribution < 1.29 is 4.79 Å². The maximum atomic E-state index is 11.6. The van der Waals surface area contributed by atoms with E-state index in [0.29, 0.717) is 12.4 Å². The van der Waals surface area contributed by atoms with Gasteiger partial charge < -0.3 is 5.32 Å². The van der Waals surface area contributed by atoms with E-state index in [1.807, 2.05) is 30.3 Å². The number of benzene rings is 1. The number of hydrogen-bond acceptors (Lipinski definition) is 2. The summed E-state index contributed by atoms with van der Waals surface area (Å²) in [4.78, 5) is 15.9. The molecular weight excluding hydrogens is 238 g/mol. The first-order chi connectivity index (χ1) is 9.29. The second-order valence-electron chi connectivity index (χ2n) is 4.50. The van der Waals surface area contributed by atoms with Crippen LogP contribution in [0.1, 0.15) is 26.2 Å². The molecule has 2 rings (SSSR count). The van der Waals surface area contributed by atoms with E-state index in [-0.39, 0.29) is 6.03 Å². The second-order valence-corrected chi connectivity index (χ2v) is 4.50. The van der Waals surface area contributed by atoms with Gasteiger partial charge in [-0.1, -0.05) is 44.0 Å². The summed E-state index contributed by atoms with van der Waals surface area (Å²) >= 11 is 0. The number of urea groups is 1. The van der Waals surface area contributed by atoms with E-state index >= 15 is 0 Å². The van der Waals surface area contributed by atoms with Crippen molar-refractivity contribution in [2.75, 3.05) is 11.9 Å². The number of anilines is 1. The number of unbranched alkanes of at least 4 members (excludes halogenated alkanes) is 2. The average Bonchev–Trinajstić information content (AvgIpc) is 2.43. The summed E-state index contributed by atoms with van der Waals surface area (Å²) < 4.78 is 0. The van der Waals surface area contributed by atoms with Crippen molar-refractivity contribution in [1.29, 1.82) is 0 Å². The lowest BCUT2D eigenvalue weighted by atomic mass is 10.2.